The fourth-order valence-corrected chi connectivity index (χ4v) is 3.77. The van der Waals surface area contributed by atoms with Crippen molar-refractivity contribution in [3.63, 3.8) is 0 Å². The highest BCUT2D eigenvalue weighted by atomic mass is 79.9. The Kier molecular flexibility index (Phi) is 7.05. The van der Waals surface area contributed by atoms with Crippen molar-refractivity contribution >= 4 is 67.1 Å². The second kappa shape index (κ2) is 9.51. The second-order valence-corrected chi connectivity index (χ2v) is 8.06. The number of carbonyl (C=O) groups excluding carboxylic acids is 2. The van der Waals surface area contributed by atoms with Crippen molar-refractivity contribution in [2.24, 2.45) is 0 Å². The van der Waals surface area contributed by atoms with Crippen molar-refractivity contribution in [1.29, 1.82) is 0 Å². The molecule has 2 aromatic rings. The summed E-state index contributed by atoms with van der Waals surface area (Å²) in [6.45, 7) is 2.62. The fourth-order valence-electron chi connectivity index (χ4n) is 2.61. The van der Waals surface area contributed by atoms with Crippen LogP contribution in [-0.2, 0) is 16.2 Å². The lowest BCUT2D eigenvalue weighted by atomic mass is 10.1. The average Bonchev–Trinajstić information content (AvgIpc) is 2.65. The van der Waals surface area contributed by atoms with Crippen LogP contribution < -0.4 is 20.1 Å². The Morgan fingerprint density at radius 3 is 2.38 bits per heavy atom. The van der Waals surface area contributed by atoms with Crippen LogP contribution >= 0.6 is 44.1 Å². The predicted molar refractivity (Wildman–Crippen MR) is 121 cm³/mol. The van der Waals surface area contributed by atoms with E-state index in [0.717, 1.165) is 10.0 Å². The number of thiocarbonyl (C=S) groups is 1. The molecule has 1 saturated heterocycles. The number of ether oxygens (including phenoxy) is 2. The van der Waals surface area contributed by atoms with E-state index in [4.69, 9.17) is 21.7 Å². The number of hydrogen-bond acceptors (Lipinski definition) is 5. The zero-order valence-corrected chi connectivity index (χ0v) is 19.2. The lowest BCUT2D eigenvalue weighted by molar-refractivity contribution is -0.123. The average molecular weight is 540 g/mol. The zero-order chi connectivity index (χ0) is 21.0. The molecule has 0 saturated carbocycles. The molecule has 1 aliphatic heterocycles. The van der Waals surface area contributed by atoms with Crippen LogP contribution in [-0.4, -0.2) is 23.5 Å². The molecular formula is C20H16Br2N2O4S. The minimum atomic E-state index is -0.554. The summed E-state index contributed by atoms with van der Waals surface area (Å²) in [6.07, 6.45) is 1.47. The van der Waals surface area contributed by atoms with Gasteiger partial charge >= 0.3 is 0 Å². The highest BCUT2D eigenvalue weighted by Gasteiger charge is 2.26. The van der Waals surface area contributed by atoms with Gasteiger partial charge in [-0.15, -0.1) is 0 Å². The maximum absolute atomic E-state index is 12.1. The summed E-state index contributed by atoms with van der Waals surface area (Å²) in [5, 5.41) is 4.81. The molecule has 2 aromatic carbocycles. The Bertz CT molecular complexity index is 1000. The standard InChI is InChI=1S/C20H16Br2N2O4S/c1-2-27-16-9-11(7-13-18(25)23-20(29)24-19(13)26)8-15(22)17(16)28-10-12-5-3-4-6-14(12)21/h3-9H,2,10H2,1H3,(H2,23,24,25,26,29). The van der Waals surface area contributed by atoms with Crippen molar-refractivity contribution in [3.8, 4) is 11.5 Å². The van der Waals surface area contributed by atoms with E-state index in [2.05, 4.69) is 42.5 Å². The number of amides is 2. The van der Waals surface area contributed by atoms with Gasteiger partial charge in [0.1, 0.15) is 12.2 Å². The summed E-state index contributed by atoms with van der Waals surface area (Å²) in [5.74, 6) is -0.0828. The minimum Gasteiger partial charge on any atom is -0.490 e. The maximum Gasteiger partial charge on any atom is 0.263 e. The van der Waals surface area contributed by atoms with Crippen LogP contribution in [0, 0.1) is 0 Å². The molecule has 29 heavy (non-hydrogen) atoms. The normalized spacial score (nSPS) is 13.6. The molecular weight excluding hydrogens is 524 g/mol. The molecule has 0 aliphatic carbocycles. The molecule has 0 bridgehead atoms. The molecule has 1 fully saturated rings. The summed E-state index contributed by atoms with van der Waals surface area (Å²) >= 11 is 11.8. The van der Waals surface area contributed by atoms with E-state index >= 15 is 0 Å². The van der Waals surface area contributed by atoms with Gasteiger partial charge in [0.25, 0.3) is 11.8 Å². The van der Waals surface area contributed by atoms with E-state index in [1.54, 1.807) is 12.1 Å². The topological polar surface area (TPSA) is 76.7 Å². The number of rotatable bonds is 6. The Balaban J connectivity index is 1.91. The number of halogens is 2. The smallest absolute Gasteiger partial charge is 0.263 e. The predicted octanol–water partition coefficient (Wildman–Crippen LogP) is 4.10. The lowest BCUT2D eigenvalue weighted by Crippen LogP contribution is -2.51. The van der Waals surface area contributed by atoms with E-state index in [1.807, 2.05) is 31.2 Å². The van der Waals surface area contributed by atoms with Crippen molar-refractivity contribution in [3.05, 3.63) is 62.0 Å². The molecule has 0 aromatic heterocycles. The Morgan fingerprint density at radius 1 is 1.03 bits per heavy atom. The summed E-state index contributed by atoms with van der Waals surface area (Å²) in [7, 11) is 0. The SMILES string of the molecule is CCOc1cc(C=C2C(=O)NC(=S)NC2=O)cc(Br)c1OCc1ccccc1Br. The van der Waals surface area contributed by atoms with Gasteiger partial charge in [0.2, 0.25) is 0 Å². The zero-order valence-electron chi connectivity index (χ0n) is 15.3. The van der Waals surface area contributed by atoms with Crippen LogP contribution in [0.4, 0.5) is 0 Å². The van der Waals surface area contributed by atoms with E-state index in [1.165, 1.54) is 6.08 Å². The summed E-state index contributed by atoms with van der Waals surface area (Å²) in [5.41, 5.74) is 1.54. The van der Waals surface area contributed by atoms with Crippen LogP contribution in [0.5, 0.6) is 11.5 Å². The van der Waals surface area contributed by atoms with Gasteiger partial charge in [-0.1, -0.05) is 34.1 Å². The van der Waals surface area contributed by atoms with Crippen LogP contribution in [0.25, 0.3) is 6.08 Å². The molecule has 0 unspecified atom stereocenters. The first kappa shape index (κ1) is 21.5. The van der Waals surface area contributed by atoms with Gasteiger partial charge in [-0.05, 0) is 64.9 Å². The Hall–Kier alpha value is -2.23. The van der Waals surface area contributed by atoms with Crippen LogP contribution in [0.3, 0.4) is 0 Å². The minimum absolute atomic E-state index is 0.0100. The van der Waals surface area contributed by atoms with Gasteiger partial charge in [-0.2, -0.15) is 0 Å². The van der Waals surface area contributed by atoms with Gasteiger partial charge in [0.15, 0.2) is 16.6 Å². The third kappa shape index (κ3) is 5.23. The monoisotopic (exact) mass is 538 g/mol. The molecule has 3 rings (SSSR count). The maximum atomic E-state index is 12.1. The molecule has 9 heteroatoms. The second-order valence-electron chi connectivity index (χ2n) is 5.94. The molecule has 150 valence electrons. The highest BCUT2D eigenvalue weighted by molar-refractivity contribution is 9.10. The summed E-state index contributed by atoms with van der Waals surface area (Å²) < 4.78 is 13.3. The van der Waals surface area contributed by atoms with Gasteiger partial charge < -0.3 is 9.47 Å². The molecule has 6 nitrogen and oxygen atoms in total. The number of benzene rings is 2. The first-order valence-electron chi connectivity index (χ1n) is 8.60. The van der Waals surface area contributed by atoms with Crippen LogP contribution in [0.2, 0.25) is 0 Å². The van der Waals surface area contributed by atoms with E-state index in [9.17, 15) is 9.59 Å². The molecule has 0 spiro atoms. The third-order valence-corrected chi connectivity index (χ3v) is 5.48. The van der Waals surface area contributed by atoms with E-state index in [0.29, 0.717) is 34.7 Å². The van der Waals surface area contributed by atoms with E-state index < -0.39 is 11.8 Å². The van der Waals surface area contributed by atoms with E-state index in [-0.39, 0.29) is 10.7 Å². The molecule has 1 aliphatic rings. The number of nitrogens with one attached hydrogen (secondary N) is 2. The molecule has 1 heterocycles. The van der Waals surface area contributed by atoms with Gasteiger partial charge in [0.05, 0.1) is 11.1 Å². The quantitative estimate of drug-likeness (QED) is 0.328. The first-order valence-corrected chi connectivity index (χ1v) is 10.6. The molecule has 0 atom stereocenters. The fraction of sp³-hybridized carbons (Fsp3) is 0.150. The Morgan fingerprint density at radius 2 is 1.72 bits per heavy atom. The van der Waals surface area contributed by atoms with Crippen molar-refractivity contribution < 1.29 is 19.1 Å². The van der Waals surface area contributed by atoms with Gasteiger partial charge in [-0.3, -0.25) is 20.2 Å². The number of carbonyl (C=O) groups is 2. The highest BCUT2D eigenvalue weighted by Crippen LogP contribution is 2.38. The third-order valence-electron chi connectivity index (χ3n) is 3.92. The van der Waals surface area contributed by atoms with Gasteiger partial charge in [-0.25, -0.2) is 0 Å². The summed E-state index contributed by atoms with van der Waals surface area (Å²) in [4.78, 5) is 24.1. The number of hydrogen-bond donors (Lipinski definition) is 2. The van der Waals surface area contributed by atoms with Crippen LogP contribution in [0.1, 0.15) is 18.1 Å². The molecule has 2 N–H and O–H groups in total. The molecule has 2 amide bonds. The van der Waals surface area contributed by atoms with Crippen LogP contribution in [0.15, 0.2) is 50.9 Å². The van der Waals surface area contributed by atoms with Crippen molar-refractivity contribution in [1.82, 2.24) is 10.6 Å². The largest absolute Gasteiger partial charge is 0.490 e. The first-order chi connectivity index (χ1) is 13.9. The Labute approximate surface area is 189 Å². The molecule has 0 radical (unpaired) electrons. The lowest BCUT2D eigenvalue weighted by Gasteiger charge is -2.17. The summed E-state index contributed by atoms with van der Waals surface area (Å²) in [6, 6.07) is 11.2. The van der Waals surface area contributed by atoms with Crippen molar-refractivity contribution in [2.45, 2.75) is 13.5 Å². The van der Waals surface area contributed by atoms with Gasteiger partial charge in [0, 0.05) is 10.0 Å². The van der Waals surface area contributed by atoms with Crippen molar-refractivity contribution in [2.75, 3.05) is 6.61 Å².